The molecule has 2 radical (unpaired) electrons. The smallest absolute Gasteiger partial charge is 0.177 e. The fraction of sp³-hybridized carbons (Fsp3) is 1.00. The molecule has 52 valence electrons. The van der Waals surface area contributed by atoms with Crippen molar-refractivity contribution < 1.29 is 0 Å². The Morgan fingerprint density at radius 2 is 2.00 bits per heavy atom. The van der Waals surface area contributed by atoms with E-state index in [4.69, 9.17) is 7.98 Å². The molecule has 0 aliphatic rings. The SMILES string of the molecule is [B]NCCC(C)(C)CC. The largest absolute Gasteiger partial charge is 0.366 e. The third-order valence-corrected chi connectivity index (χ3v) is 1.90. The average Bonchev–Trinajstić information content (AvgIpc) is 1.84. The van der Waals surface area contributed by atoms with Crippen molar-refractivity contribution in [2.24, 2.45) is 5.41 Å². The molecule has 0 saturated carbocycles. The molecule has 0 rings (SSSR count). The van der Waals surface area contributed by atoms with Crippen molar-refractivity contribution in [1.29, 1.82) is 0 Å². The van der Waals surface area contributed by atoms with Gasteiger partial charge in [0.2, 0.25) is 0 Å². The highest BCUT2D eigenvalue weighted by molar-refractivity contribution is 6.04. The van der Waals surface area contributed by atoms with Crippen LogP contribution in [0.1, 0.15) is 33.6 Å². The summed E-state index contributed by atoms with van der Waals surface area (Å²) in [6, 6.07) is 0. The van der Waals surface area contributed by atoms with E-state index in [0.29, 0.717) is 5.41 Å². The van der Waals surface area contributed by atoms with Crippen LogP contribution in [0.3, 0.4) is 0 Å². The molecule has 0 fully saturated rings. The van der Waals surface area contributed by atoms with Gasteiger partial charge in [0, 0.05) is 0 Å². The first kappa shape index (κ1) is 9.02. The summed E-state index contributed by atoms with van der Waals surface area (Å²) in [7, 11) is 5.14. The van der Waals surface area contributed by atoms with Gasteiger partial charge in [-0.3, -0.25) is 0 Å². The number of nitrogens with one attached hydrogen (secondary N) is 1. The second-order valence-electron chi connectivity index (χ2n) is 3.22. The molecule has 0 aliphatic carbocycles. The van der Waals surface area contributed by atoms with Crippen molar-refractivity contribution in [3.05, 3.63) is 0 Å². The minimum Gasteiger partial charge on any atom is -0.366 e. The summed E-state index contributed by atoms with van der Waals surface area (Å²) in [4.78, 5) is 0. The molecule has 0 saturated heterocycles. The highest BCUT2D eigenvalue weighted by atomic mass is 14.7. The fourth-order valence-corrected chi connectivity index (χ4v) is 0.587. The van der Waals surface area contributed by atoms with Crippen LogP contribution < -0.4 is 5.23 Å². The van der Waals surface area contributed by atoms with E-state index < -0.39 is 0 Å². The Morgan fingerprint density at radius 1 is 1.44 bits per heavy atom. The van der Waals surface area contributed by atoms with E-state index in [1.807, 2.05) is 0 Å². The maximum atomic E-state index is 5.14. The Labute approximate surface area is 59.7 Å². The van der Waals surface area contributed by atoms with Gasteiger partial charge in [0.1, 0.15) is 0 Å². The van der Waals surface area contributed by atoms with Gasteiger partial charge in [0.15, 0.2) is 7.98 Å². The molecule has 0 aromatic carbocycles. The van der Waals surface area contributed by atoms with E-state index in [1.165, 1.54) is 6.42 Å². The summed E-state index contributed by atoms with van der Waals surface area (Å²) in [6.45, 7) is 7.63. The standard InChI is InChI=1S/C7H16BN/c1-4-7(2,3)5-6-9-8/h9H,4-6H2,1-3H3. The zero-order valence-electron chi connectivity index (χ0n) is 6.70. The molecule has 0 aliphatic heterocycles. The first-order valence-electron chi connectivity index (χ1n) is 3.56. The third-order valence-electron chi connectivity index (χ3n) is 1.90. The van der Waals surface area contributed by atoms with Gasteiger partial charge in [-0.2, -0.15) is 0 Å². The lowest BCUT2D eigenvalue weighted by molar-refractivity contribution is 0.324. The lowest BCUT2D eigenvalue weighted by Gasteiger charge is -2.21. The van der Waals surface area contributed by atoms with Crippen LogP contribution in [-0.4, -0.2) is 14.5 Å². The first-order chi connectivity index (χ1) is 4.12. The van der Waals surface area contributed by atoms with E-state index in [0.717, 1.165) is 13.0 Å². The average molecular weight is 125 g/mol. The van der Waals surface area contributed by atoms with E-state index in [1.54, 1.807) is 0 Å². The number of rotatable bonds is 4. The summed E-state index contributed by atoms with van der Waals surface area (Å²) in [6.07, 6.45) is 2.37. The maximum Gasteiger partial charge on any atom is 0.177 e. The van der Waals surface area contributed by atoms with Crippen LogP contribution in [-0.2, 0) is 0 Å². The third kappa shape index (κ3) is 4.52. The highest BCUT2D eigenvalue weighted by Crippen LogP contribution is 2.22. The van der Waals surface area contributed by atoms with Crippen molar-refractivity contribution in [2.45, 2.75) is 33.6 Å². The molecule has 0 aromatic rings. The zero-order chi connectivity index (χ0) is 7.33. The van der Waals surface area contributed by atoms with Crippen LogP contribution >= 0.6 is 0 Å². The van der Waals surface area contributed by atoms with Crippen LogP contribution in [0.4, 0.5) is 0 Å². The van der Waals surface area contributed by atoms with E-state index in [9.17, 15) is 0 Å². The molecule has 9 heavy (non-hydrogen) atoms. The second kappa shape index (κ2) is 3.94. The van der Waals surface area contributed by atoms with Gasteiger partial charge in [-0.25, -0.2) is 0 Å². The minimum absolute atomic E-state index is 0.451. The molecule has 0 aromatic heterocycles. The zero-order valence-corrected chi connectivity index (χ0v) is 6.70. The molecular weight excluding hydrogens is 109 g/mol. The van der Waals surface area contributed by atoms with Crippen molar-refractivity contribution >= 4 is 7.98 Å². The van der Waals surface area contributed by atoms with Crippen molar-refractivity contribution in [3.8, 4) is 0 Å². The summed E-state index contributed by atoms with van der Waals surface area (Å²) in [5.41, 5.74) is 0.451. The Morgan fingerprint density at radius 3 is 2.33 bits per heavy atom. The lowest BCUT2D eigenvalue weighted by atomic mass is 9.86. The summed E-state index contributed by atoms with van der Waals surface area (Å²) in [5.74, 6) is 0. The molecule has 0 amide bonds. The first-order valence-corrected chi connectivity index (χ1v) is 3.56. The summed E-state index contributed by atoms with van der Waals surface area (Å²) < 4.78 is 0. The van der Waals surface area contributed by atoms with Crippen LogP contribution in [0.2, 0.25) is 0 Å². The maximum absolute atomic E-state index is 5.14. The molecule has 1 N–H and O–H groups in total. The Kier molecular flexibility index (Phi) is 3.95. The highest BCUT2D eigenvalue weighted by Gasteiger charge is 2.12. The molecule has 2 heteroatoms. The monoisotopic (exact) mass is 125 g/mol. The van der Waals surface area contributed by atoms with Gasteiger partial charge in [-0.15, -0.1) is 0 Å². The second-order valence-corrected chi connectivity index (χ2v) is 3.22. The van der Waals surface area contributed by atoms with Crippen LogP contribution in [0, 0.1) is 5.41 Å². The molecule has 0 heterocycles. The van der Waals surface area contributed by atoms with Gasteiger partial charge in [-0.1, -0.05) is 27.2 Å². The fourth-order valence-electron chi connectivity index (χ4n) is 0.587. The normalized spacial score (nSPS) is 11.9. The quantitative estimate of drug-likeness (QED) is 0.561. The molecule has 0 spiro atoms. The van der Waals surface area contributed by atoms with Gasteiger partial charge in [-0.05, 0) is 18.4 Å². The van der Waals surface area contributed by atoms with Gasteiger partial charge in [0.25, 0.3) is 0 Å². The van der Waals surface area contributed by atoms with Gasteiger partial charge in [0.05, 0.1) is 0 Å². The molecule has 1 nitrogen and oxygen atoms in total. The Balaban J connectivity index is 3.33. The van der Waals surface area contributed by atoms with E-state index in [2.05, 4.69) is 26.0 Å². The topological polar surface area (TPSA) is 12.0 Å². The molecular formula is C7H16BN. The Bertz CT molecular complexity index is 71.3. The summed E-state index contributed by atoms with van der Waals surface area (Å²) in [5, 5.41) is 2.66. The van der Waals surface area contributed by atoms with E-state index >= 15 is 0 Å². The summed E-state index contributed by atoms with van der Waals surface area (Å²) >= 11 is 0. The minimum atomic E-state index is 0.451. The predicted octanol–water partition coefficient (Wildman–Crippen LogP) is 1.49. The van der Waals surface area contributed by atoms with Gasteiger partial charge >= 0.3 is 0 Å². The molecule has 0 atom stereocenters. The lowest BCUT2D eigenvalue weighted by Crippen LogP contribution is -2.19. The van der Waals surface area contributed by atoms with Crippen LogP contribution in [0.25, 0.3) is 0 Å². The van der Waals surface area contributed by atoms with Crippen molar-refractivity contribution in [3.63, 3.8) is 0 Å². The van der Waals surface area contributed by atoms with Crippen molar-refractivity contribution in [2.75, 3.05) is 6.54 Å². The van der Waals surface area contributed by atoms with Crippen LogP contribution in [0.15, 0.2) is 0 Å². The molecule has 0 bridgehead atoms. The van der Waals surface area contributed by atoms with E-state index in [-0.39, 0.29) is 0 Å². The van der Waals surface area contributed by atoms with Gasteiger partial charge < -0.3 is 5.23 Å². The van der Waals surface area contributed by atoms with Crippen LogP contribution in [0.5, 0.6) is 0 Å². The predicted molar refractivity (Wildman–Crippen MR) is 42.4 cm³/mol. The number of hydrogen-bond donors (Lipinski definition) is 1. The Hall–Kier alpha value is 0.0249. The number of hydrogen-bond acceptors (Lipinski definition) is 1. The van der Waals surface area contributed by atoms with Crippen molar-refractivity contribution in [1.82, 2.24) is 5.23 Å². The molecule has 0 unspecified atom stereocenters.